The Morgan fingerprint density at radius 3 is 2.78 bits per heavy atom. The van der Waals surface area contributed by atoms with Crippen LogP contribution in [-0.4, -0.2) is 31.8 Å². The van der Waals surface area contributed by atoms with Crippen LogP contribution in [0.3, 0.4) is 0 Å². The van der Waals surface area contributed by atoms with Crippen LogP contribution in [0.1, 0.15) is 28.4 Å². The molecule has 27 heavy (non-hydrogen) atoms. The highest BCUT2D eigenvalue weighted by Gasteiger charge is 2.12. The minimum Gasteiger partial charge on any atom is -0.360 e. The van der Waals surface area contributed by atoms with Crippen molar-refractivity contribution in [3.63, 3.8) is 0 Å². The van der Waals surface area contributed by atoms with E-state index < -0.39 is 0 Å². The molecule has 0 saturated heterocycles. The van der Waals surface area contributed by atoms with E-state index in [9.17, 15) is 9.59 Å². The van der Waals surface area contributed by atoms with Crippen molar-refractivity contribution >= 4 is 24.3 Å². The first-order valence-corrected chi connectivity index (χ1v) is 8.51. The van der Waals surface area contributed by atoms with Gasteiger partial charge in [0.25, 0.3) is 5.56 Å². The number of hydrogen-bond acceptors (Lipinski definition) is 6. The molecule has 3 heterocycles. The molecule has 0 aliphatic carbocycles. The van der Waals surface area contributed by atoms with Gasteiger partial charge >= 0.3 is 0 Å². The number of aromatic nitrogens is 4. The van der Waals surface area contributed by atoms with E-state index in [1.165, 1.54) is 6.07 Å². The first-order chi connectivity index (χ1) is 12.8. The molecular weight excluding hydrogens is 368 g/mol. The highest BCUT2D eigenvalue weighted by molar-refractivity contribution is 7.71. The number of nitrogens with one attached hydrogen (secondary N) is 3. The number of hydrogen-bond donors (Lipinski definition) is 3. The van der Waals surface area contributed by atoms with Gasteiger partial charge in [0.1, 0.15) is 5.76 Å². The fraction of sp³-hybridized carbons (Fsp3) is 0.235. The van der Waals surface area contributed by atoms with Crippen LogP contribution in [0.5, 0.6) is 0 Å². The summed E-state index contributed by atoms with van der Waals surface area (Å²) >= 11 is 4.88. The summed E-state index contributed by atoms with van der Waals surface area (Å²) in [5.74, 6) is 1.04. The smallest absolute Gasteiger partial charge is 0.251 e. The number of carbonyl (C=O) groups is 1. The minimum atomic E-state index is -0.372. The van der Waals surface area contributed by atoms with Crippen molar-refractivity contribution < 1.29 is 9.32 Å². The van der Waals surface area contributed by atoms with Crippen LogP contribution in [0.25, 0.3) is 5.82 Å². The molecule has 0 radical (unpaired) electrons. The van der Waals surface area contributed by atoms with Gasteiger partial charge < -0.3 is 9.51 Å². The van der Waals surface area contributed by atoms with Gasteiger partial charge in [0, 0.05) is 34.8 Å². The fourth-order valence-electron chi connectivity index (χ4n) is 2.73. The number of rotatable bonds is 5. The number of aromatic amines is 2. The van der Waals surface area contributed by atoms with Crippen molar-refractivity contribution in [1.82, 2.24) is 25.1 Å². The molecule has 3 aromatic rings. The van der Waals surface area contributed by atoms with Crippen LogP contribution in [0.4, 0.5) is 0 Å². The molecule has 3 rings (SSSR count). The Morgan fingerprint density at radius 2 is 2.11 bits per heavy atom. The van der Waals surface area contributed by atoms with Gasteiger partial charge in [-0.25, -0.2) is 5.43 Å². The molecule has 140 valence electrons. The number of aryl methyl sites for hydroxylation is 2. The maximum atomic E-state index is 12.0. The van der Waals surface area contributed by atoms with E-state index >= 15 is 0 Å². The van der Waals surface area contributed by atoms with Crippen molar-refractivity contribution in [1.29, 1.82) is 0 Å². The summed E-state index contributed by atoms with van der Waals surface area (Å²) in [6, 6.07) is 5.06. The van der Waals surface area contributed by atoms with E-state index in [1.54, 1.807) is 6.21 Å². The third kappa shape index (κ3) is 4.29. The third-order valence-electron chi connectivity index (χ3n) is 3.87. The summed E-state index contributed by atoms with van der Waals surface area (Å²) < 4.78 is 7.24. The Hall–Kier alpha value is -3.27. The number of amides is 1. The van der Waals surface area contributed by atoms with Gasteiger partial charge in [0.05, 0.1) is 12.6 Å². The predicted molar refractivity (Wildman–Crippen MR) is 102 cm³/mol. The quantitative estimate of drug-likeness (QED) is 0.351. The summed E-state index contributed by atoms with van der Waals surface area (Å²) in [7, 11) is 0. The summed E-state index contributed by atoms with van der Waals surface area (Å²) in [6.07, 6.45) is 1.52. The molecule has 9 nitrogen and oxygen atoms in total. The molecule has 0 fully saturated rings. The Kier molecular flexibility index (Phi) is 5.17. The van der Waals surface area contributed by atoms with Crippen LogP contribution in [-0.2, 0) is 11.2 Å². The van der Waals surface area contributed by atoms with Crippen molar-refractivity contribution in [3.8, 4) is 5.82 Å². The van der Waals surface area contributed by atoms with Gasteiger partial charge in [-0.3, -0.25) is 19.1 Å². The van der Waals surface area contributed by atoms with Crippen LogP contribution >= 0.6 is 12.2 Å². The highest BCUT2D eigenvalue weighted by atomic mass is 32.1. The lowest BCUT2D eigenvalue weighted by Crippen LogP contribution is -2.21. The first kappa shape index (κ1) is 18.5. The monoisotopic (exact) mass is 386 g/mol. The second kappa shape index (κ2) is 7.54. The minimum absolute atomic E-state index is 0.0395. The summed E-state index contributed by atoms with van der Waals surface area (Å²) in [5.41, 5.74) is 5.21. The Balaban J connectivity index is 1.70. The maximum absolute atomic E-state index is 12.0. The van der Waals surface area contributed by atoms with Crippen LogP contribution in [0.15, 0.2) is 32.6 Å². The number of H-pyrrole nitrogens is 2. The van der Waals surface area contributed by atoms with Crippen molar-refractivity contribution in [3.05, 3.63) is 61.7 Å². The molecular formula is C17H18N6O3S. The van der Waals surface area contributed by atoms with E-state index in [0.29, 0.717) is 11.5 Å². The molecule has 0 aliphatic rings. The number of nitrogens with zero attached hydrogens (tertiary/aromatic N) is 3. The van der Waals surface area contributed by atoms with Gasteiger partial charge in [-0.15, -0.1) is 0 Å². The Morgan fingerprint density at radius 1 is 1.33 bits per heavy atom. The lowest BCUT2D eigenvalue weighted by Gasteiger charge is -2.04. The molecule has 0 unspecified atom stereocenters. The van der Waals surface area contributed by atoms with Gasteiger partial charge in [0.2, 0.25) is 5.91 Å². The molecule has 0 saturated carbocycles. The van der Waals surface area contributed by atoms with E-state index in [-0.39, 0.29) is 22.7 Å². The van der Waals surface area contributed by atoms with Crippen LogP contribution < -0.4 is 11.0 Å². The third-order valence-corrected chi connectivity index (χ3v) is 4.08. The van der Waals surface area contributed by atoms with Crippen molar-refractivity contribution in [2.75, 3.05) is 0 Å². The second-order valence-electron chi connectivity index (χ2n) is 6.04. The van der Waals surface area contributed by atoms with Gasteiger partial charge in [0.15, 0.2) is 10.6 Å². The highest BCUT2D eigenvalue weighted by Crippen LogP contribution is 2.19. The summed E-state index contributed by atoms with van der Waals surface area (Å²) in [5, 5.41) is 8.01. The average Bonchev–Trinajstić information content (AvgIpc) is 3.09. The van der Waals surface area contributed by atoms with Gasteiger partial charge in [-0.2, -0.15) is 5.10 Å². The Bertz CT molecular complexity index is 1110. The Labute approximate surface area is 159 Å². The second-order valence-corrected chi connectivity index (χ2v) is 6.45. The molecule has 0 atom stereocenters. The number of hydrazone groups is 1. The zero-order valence-corrected chi connectivity index (χ0v) is 15.8. The molecule has 3 N–H and O–H groups in total. The lowest BCUT2D eigenvalue weighted by atomic mass is 10.3. The molecule has 0 aliphatic heterocycles. The topological polar surface area (TPSA) is 121 Å². The summed E-state index contributed by atoms with van der Waals surface area (Å²) in [6.45, 7) is 5.70. The zero-order chi connectivity index (χ0) is 19.6. The van der Waals surface area contributed by atoms with E-state index in [1.807, 2.05) is 37.5 Å². The zero-order valence-electron chi connectivity index (χ0n) is 15.0. The summed E-state index contributed by atoms with van der Waals surface area (Å²) in [4.78, 5) is 28.5. The van der Waals surface area contributed by atoms with Crippen molar-refractivity contribution in [2.24, 2.45) is 5.10 Å². The molecule has 0 bridgehead atoms. The molecule has 3 aromatic heterocycles. The van der Waals surface area contributed by atoms with Crippen LogP contribution in [0.2, 0.25) is 0 Å². The number of carbonyl (C=O) groups excluding carboxylic acids is 1. The SMILES string of the molecule is Cc1cc(-n2c(C)cc(/C=N\NC(=O)Cc3cc(=O)[nH]c(=S)[nH]3)c2C)no1. The van der Waals surface area contributed by atoms with Crippen LogP contribution in [0, 0.1) is 25.5 Å². The van der Waals surface area contributed by atoms with Gasteiger partial charge in [-0.05, 0) is 39.1 Å². The molecule has 0 aromatic carbocycles. The van der Waals surface area contributed by atoms with E-state index in [4.69, 9.17) is 16.7 Å². The normalized spacial score (nSPS) is 11.2. The van der Waals surface area contributed by atoms with E-state index in [2.05, 4.69) is 25.7 Å². The molecule has 0 spiro atoms. The largest absolute Gasteiger partial charge is 0.360 e. The first-order valence-electron chi connectivity index (χ1n) is 8.10. The predicted octanol–water partition coefficient (Wildman–Crippen LogP) is 1.83. The van der Waals surface area contributed by atoms with Gasteiger partial charge in [-0.1, -0.05) is 5.16 Å². The lowest BCUT2D eigenvalue weighted by molar-refractivity contribution is -0.120. The molecule has 1 amide bonds. The molecule has 10 heteroatoms. The fourth-order valence-corrected chi connectivity index (χ4v) is 2.96. The van der Waals surface area contributed by atoms with Crippen molar-refractivity contribution in [2.45, 2.75) is 27.2 Å². The average molecular weight is 386 g/mol. The van der Waals surface area contributed by atoms with E-state index in [0.717, 1.165) is 22.7 Å². The standard InChI is InChI=1S/C17H18N6O3S/c1-9-4-12(11(3)23(9)14-5-10(2)26-22-14)8-18-21-16(25)7-13-6-15(24)20-17(27)19-13/h4-6,8H,7H2,1-3H3,(H,21,25)(H2,19,20,24,27)/b18-8-. The maximum Gasteiger partial charge on any atom is 0.251 e.